The summed E-state index contributed by atoms with van der Waals surface area (Å²) in [5.41, 5.74) is 2.00. The van der Waals surface area contributed by atoms with Gasteiger partial charge in [-0.1, -0.05) is 12.1 Å². The molecule has 0 aliphatic carbocycles. The van der Waals surface area contributed by atoms with E-state index in [1.54, 1.807) is 33.6 Å². The number of carbonyl (C=O) groups is 1. The number of likely N-dealkylation sites (N-methyl/N-ethyl adjacent to an activating group) is 1. The highest BCUT2D eigenvalue weighted by molar-refractivity contribution is 6.04. The van der Waals surface area contributed by atoms with Gasteiger partial charge in [-0.25, -0.2) is 9.97 Å². The molecule has 0 aliphatic heterocycles. The molecular formula is C25H21F3N6O. The second kappa shape index (κ2) is 9.56. The van der Waals surface area contributed by atoms with Gasteiger partial charge in [0.25, 0.3) is 5.91 Å². The van der Waals surface area contributed by atoms with Crippen molar-refractivity contribution in [2.75, 3.05) is 32.1 Å². The van der Waals surface area contributed by atoms with Crippen LogP contribution in [0.15, 0.2) is 67.1 Å². The highest BCUT2D eigenvalue weighted by atomic mass is 19.4. The summed E-state index contributed by atoms with van der Waals surface area (Å²) in [5.74, 6) is -0.356. The van der Waals surface area contributed by atoms with Crippen molar-refractivity contribution in [1.82, 2.24) is 19.3 Å². The fourth-order valence-electron chi connectivity index (χ4n) is 3.55. The Morgan fingerprint density at radius 3 is 2.29 bits per heavy atom. The van der Waals surface area contributed by atoms with Gasteiger partial charge in [-0.3, -0.25) is 9.20 Å². The van der Waals surface area contributed by atoms with Crippen molar-refractivity contribution in [1.29, 1.82) is 5.26 Å². The molecule has 0 aliphatic rings. The Kier molecular flexibility index (Phi) is 6.53. The number of anilines is 1. The van der Waals surface area contributed by atoms with E-state index in [-0.39, 0.29) is 11.6 Å². The molecule has 1 amide bonds. The first-order valence-electron chi connectivity index (χ1n) is 10.6. The maximum absolute atomic E-state index is 13.5. The van der Waals surface area contributed by atoms with Crippen LogP contribution in [-0.4, -0.2) is 52.4 Å². The number of alkyl halides is 3. The first kappa shape index (κ1) is 23.9. The second-order valence-electron chi connectivity index (χ2n) is 8.14. The molecule has 0 bridgehead atoms. The van der Waals surface area contributed by atoms with Crippen LogP contribution in [0.1, 0.15) is 21.6 Å². The SMILES string of the molecule is CN(C)CCN(C(=O)c1cn2c(-c3ccc(C(F)(F)F)cc3)cnc2cn1)c1ccc(C#N)cc1. The van der Waals surface area contributed by atoms with E-state index in [4.69, 9.17) is 5.26 Å². The summed E-state index contributed by atoms with van der Waals surface area (Å²) in [6.45, 7) is 0.975. The van der Waals surface area contributed by atoms with Crippen molar-refractivity contribution in [3.8, 4) is 17.3 Å². The molecule has 0 atom stereocenters. The van der Waals surface area contributed by atoms with Crippen LogP contribution in [0.2, 0.25) is 0 Å². The number of rotatable bonds is 6. The number of carbonyl (C=O) groups excluding carboxylic acids is 1. The number of fused-ring (bicyclic) bond motifs is 1. The van der Waals surface area contributed by atoms with Crippen molar-refractivity contribution in [2.45, 2.75) is 6.18 Å². The molecule has 35 heavy (non-hydrogen) atoms. The van der Waals surface area contributed by atoms with Gasteiger partial charge in [-0.05, 0) is 50.5 Å². The van der Waals surface area contributed by atoms with Gasteiger partial charge in [0.05, 0.1) is 35.3 Å². The predicted molar refractivity (Wildman–Crippen MR) is 125 cm³/mol. The summed E-state index contributed by atoms with van der Waals surface area (Å²) in [5, 5.41) is 9.07. The van der Waals surface area contributed by atoms with Gasteiger partial charge in [0.1, 0.15) is 5.69 Å². The van der Waals surface area contributed by atoms with Crippen molar-refractivity contribution in [3.05, 3.63) is 83.9 Å². The zero-order valence-electron chi connectivity index (χ0n) is 19.0. The zero-order chi connectivity index (χ0) is 25.2. The fraction of sp³-hybridized carbons (Fsp3) is 0.200. The average Bonchev–Trinajstić information content (AvgIpc) is 3.27. The van der Waals surface area contributed by atoms with E-state index < -0.39 is 11.7 Å². The second-order valence-corrected chi connectivity index (χ2v) is 8.14. The van der Waals surface area contributed by atoms with Gasteiger partial charge in [-0.2, -0.15) is 18.4 Å². The minimum Gasteiger partial charge on any atom is -0.308 e. The minimum atomic E-state index is -4.43. The number of halogens is 3. The highest BCUT2D eigenvalue weighted by Gasteiger charge is 2.30. The third-order valence-electron chi connectivity index (χ3n) is 5.45. The minimum absolute atomic E-state index is 0.145. The molecule has 0 fully saturated rings. The summed E-state index contributed by atoms with van der Waals surface area (Å²) in [4.78, 5) is 25.6. The maximum atomic E-state index is 13.5. The molecule has 0 N–H and O–H groups in total. The third kappa shape index (κ3) is 5.15. The molecule has 4 aromatic rings. The van der Waals surface area contributed by atoms with Gasteiger partial charge < -0.3 is 9.80 Å². The van der Waals surface area contributed by atoms with Crippen molar-refractivity contribution in [3.63, 3.8) is 0 Å². The Morgan fingerprint density at radius 1 is 1.00 bits per heavy atom. The summed E-state index contributed by atoms with van der Waals surface area (Å²) in [6.07, 6.45) is 0.0783. The van der Waals surface area contributed by atoms with Crippen LogP contribution >= 0.6 is 0 Å². The van der Waals surface area contributed by atoms with Gasteiger partial charge >= 0.3 is 6.18 Å². The number of imidazole rings is 1. The topological polar surface area (TPSA) is 77.5 Å². The quantitative estimate of drug-likeness (QED) is 0.408. The lowest BCUT2D eigenvalue weighted by molar-refractivity contribution is -0.137. The standard InChI is InChI=1S/C25H21F3N6O/c1-32(2)11-12-33(20-9-3-17(13-29)4-10-20)24(35)21-16-34-22(14-31-23(34)15-30-21)18-5-7-19(8-6-18)25(26,27)28/h3-10,14-16H,11-12H2,1-2H3. The molecule has 0 saturated carbocycles. The predicted octanol–water partition coefficient (Wildman–Crippen LogP) is 4.50. The van der Waals surface area contributed by atoms with Crippen LogP contribution in [0.4, 0.5) is 18.9 Å². The Hall–Kier alpha value is -4.23. The number of nitrogens with zero attached hydrogens (tertiary/aromatic N) is 6. The normalized spacial score (nSPS) is 11.6. The van der Waals surface area contributed by atoms with Crippen molar-refractivity contribution >= 4 is 17.2 Å². The molecule has 10 heteroatoms. The Morgan fingerprint density at radius 2 is 1.69 bits per heavy atom. The van der Waals surface area contributed by atoms with Crippen LogP contribution in [0.3, 0.4) is 0 Å². The third-order valence-corrected chi connectivity index (χ3v) is 5.45. The van der Waals surface area contributed by atoms with Crippen LogP contribution < -0.4 is 4.90 Å². The number of aromatic nitrogens is 3. The molecular weight excluding hydrogens is 457 g/mol. The zero-order valence-corrected chi connectivity index (χ0v) is 19.0. The van der Waals surface area contributed by atoms with E-state index in [0.717, 1.165) is 12.1 Å². The van der Waals surface area contributed by atoms with E-state index in [2.05, 4.69) is 16.0 Å². The maximum Gasteiger partial charge on any atom is 0.416 e. The molecule has 0 saturated heterocycles. The molecule has 4 rings (SSSR count). The summed E-state index contributed by atoms with van der Waals surface area (Å²) in [7, 11) is 3.79. The lowest BCUT2D eigenvalue weighted by Crippen LogP contribution is -2.37. The van der Waals surface area contributed by atoms with Crippen LogP contribution in [-0.2, 0) is 6.18 Å². The molecule has 178 valence electrons. The van der Waals surface area contributed by atoms with Gasteiger partial charge in [0, 0.05) is 30.5 Å². The van der Waals surface area contributed by atoms with Crippen LogP contribution in [0.5, 0.6) is 0 Å². The number of hydrogen-bond donors (Lipinski definition) is 0. The molecule has 0 spiro atoms. The molecule has 2 heterocycles. The van der Waals surface area contributed by atoms with Gasteiger partial charge in [-0.15, -0.1) is 0 Å². The lowest BCUT2D eigenvalue weighted by Gasteiger charge is -2.24. The monoisotopic (exact) mass is 478 g/mol. The molecule has 2 aromatic heterocycles. The van der Waals surface area contributed by atoms with E-state index in [9.17, 15) is 18.0 Å². The van der Waals surface area contributed by atoms with Gasteiger partial charge in [0.2, 0.25) is 0 Å². The first-order chi connectivity index (χ1) is 16.7. The average molecular weight is 478 g/mol. The number of amides is 1. The number of nitriles is 1. The van der Waals surface area contributed by atoms with E-state index in [1.807, 2.05) is 19.0 Å². The van der Waals surface area contributed by atoms with Crippen molar-refractivity contribution < 1.29 is 18.0 Å². The largest absolute Gasteiger partial charge is 0.416 e. The Labute approximate surface area is 199 Å². The van der Waals surface area contributed by atoms with E-state index in [1.165, 1.54) is 30.7 Å². The molecule has 0 unspecified atom stereocenters. The van der Waals surface area contributed by atoms with Gasteiger partial charge in [0.15, 0.2) is 5.65 Å². The first-order valence-corrected chi connectivity index (χ1v) is 10.6. The molecule has 0 radical (unpaired) electrons. The Balaban J connectivity index is 1.70. The van der Waals surface area contributed by atoms with Crippen LogP contribution in [0, 0.1) is 11.3 Å². The Bertz CT molecular complexity index is 1390. The van der Waals surface area contributed by atoms with Crippen LogP contribution in [0.25, 0.3) is 16.9 Å². The smallest absolute Gasteiger partial charge is 0.308 e. The van der Waals surface area contributed by atoms with E-state index >= 15 is 0 Å². The summed E-state index contributed by atoms with van der Waals surface area (Å²) < 4.78 is 40.5. The molecule has 2 aromatic carbocycles. The molecule has 7 nitrogen and oxygen atoms in total. The summed E-state index contributed by atoms with van der Waals surface area (Å²) >= 11 is 0. The number of hydrogen-bond acceptors (Lipinski definition) is 5. The highest BCUT2D eigenvalue weighted by Crippen LogP contribution is 2.31. The number of benzene rings is 2. The summed E-state index contributed by atoms with van der Waals surface area (Å²) in [6, 6.07) is 13.5. The van der Waals surface area contributed by atoms with Crippen molar-refractivity contribution in [2.24, 2.45) is 0 Å². The lowest BCUT2D eigenvalue weighted by atomic mass is 10.1. The fourth-order valence-corrected chi connectivity index (χ4v) is 3.55. The van der Waals surface area contributed by atoms with E-state index in [0.29, 0.717) is 41.2 Å².